The van der Waals surface area contributed by atoms with Gasteiger partial charge < -0.3 is 0 Å². The first kappa shape index (κ1) is 9.96. The summed E-state index contributed by atoms with van der Waals surface area (Å²) in [6.45, 7) is 6.42. The first-order chi connectivity index (χ1) is 7.18. The highest BCUT2D eigenvalue weighted by Crippen LogP contribution is 2.23. The van der Waals surface area contributed by atoms with Gasteiger partial charge in [0.2, 0.25) is 0 Å². The van der Waals surface area contributed by atoms with E-state index in [4.69, 9.17) is 0 Å². The molecule has 2 rings (SSSR count). The Morgan fingerprint density at radius 2 is 2.07 bits per heavy atom. The van der Waals surface area contributed by atoms with E-state index in [1.54, 1.807) is 0 Å². The van der Waals surface area contributed by atoms with Crippen LogP contribution in [-0.2, 0) is 0 Å². The average Bonchev–Trinajstić information content (AvgIpc) is 2.88. The van der Waals surface area contributed by atoms with E-state index in [1.807, 2.05) is 12.4 Å². The summed E-state index contributed by atoms with van der Waals surface area (Å²) in [5, 5.41) is 14.2. The number of nitrogens with one attached hydrogen (secondary N) is 2. The molecule has 0 bridgehead atoms. The molecule has 0 aliphatic rings. The summed E-state index contributed by atoms with van der Waals surface area (Å²) >= 11 is 0. The van der Waals surface area contributed by atoms with Gasteiger partial charge in [0.15, 0.2) is 0 Å². The summed E-state index contributed by atoms with van der Waals surface area (Å²) in [7, 11) is 0. The van der Waals surface area contributed by atoms with E-state index in [9.17, 15) is 0 Å². The SMILES string of the molecule is CC(C)c1cc([C@H](C)c2cn[nH]c2)[nH]n1. The molecule has 0 saturated heterocycles. The molecule has 0 aliphatic carbocycles. The molecule has 0 aromatic carbocycles. The molecule has 4 heteroatoms. The molecule has 0 saturated carbocycles. The van der Waals surface area contributed by atoms with Crippen molar-refractivity contribution in [3.05, 3.63) is 35.4 Å². The third kappa shape index (κ3) is 1.93. The maximum Gasteiger partial charge on any atom is 0.0650 e. The van der Waals surface area contributed by atoms with Gasteiger partial charge in [-0.25, -0.2) is 0 Å². The van der Waals surface area contributed by atoms with Crippen LogP contribution in [0.5, 0.6) is 0 Å². The number of rotatable bonds is 3. The molecule has 2 N–H and O–H groups in total. The van der Waals surface area contributed by atoms with Crippen LogP contribution in [0.4, 0.5) is 0 Å². The highest BCUT2D eigenvalue weighted by Gasteiger charge is 2.13. The molecular weight excluding hydrogens is 188 g/mol. The molecule has 2 aromatic heterocycles. The lowest BCUT2D eigenvalue weighted by Crippen LogP contribution is -1.94. The number of aromatic amines is 2. The first-order valence-corrected chi connectivity index (χ1v) is 5.22. The summed E-state index contributed by atoms with van der Waals surface area (Å²) in [5.41, 5.74) is 3.43. The number of hydrogen-bond donors (Lipinski definition) is 2. The quantitative estimate of drug-likeness (QED) is 0.806. The molecule has 4 nitrogen and oxygen atoms in total. The van der Waals surface area contributed by atoms with Crippen molar-refractivity contribution in [1.29, 1.82) is 0 Å². The second-order valence-corrected chi connectivity index (χ2v) is 4.16. The zero-order chi connectivity index (χ0) is 10.8. The molecule has 2 heterocycles. The van der Waals surface area contributed by atoms with Crippen LogP contribution in [-0.4, -0.2) is 20.4 Å². The first-order valence-electron chi connectivity index (χ1n) is 5.22. The fourth-order valence-corrected chi connectivity index (χ4v) is 1.55. The van der Waals surface area contributed by atoms with E-state index in [1.165, 1.54) is 5.56 Å². The fourth-order valence-electron chi connectivity index (χ4n) is 1.55. The minimum absolute atomic E-state index is 0.309. The predicted octanol–water partition coefficient (Wildman–Crippen LogP) is 2.41. The summed E-state index contributed by atoms with van der Waals surface area (Å²) in [4.78, 5) is 0. The topological polar surface area (TPSA) is 57.4 Å². The molecule has 15 heavy (non-hydrogen) atoms. The molecule has 80 valence electrons. The Morgan fingerprint density at radius 3 is 2.60 bits per heavy atom. The van der Waals surface area contributed by atoms with Crippen LogP contribution >= 0.6 is 0 Å². The van der Waals surface area contributed by atoms with Gasteiger partial charge in [-0.05, 0) is 17.5 Å². The van der Waals surface area contributed by atoms with Crippen molar-refractivity contribution in [2.45, 2.75) is 32.6 Å². The van der Waals surface area contributed by atoms with Gasteiger partial charge in [-0.1, -0.05) is 20.8 Å². The van der Waals surface area contributed by atoms with E-state index < -0.39 is 0 Å². The van der Waals surface area contributed by atoms with Gasteiger partial charge in [0.25, 0.3) is 0 Å². The monoisotopic (exact) mass is 204 g/mol. The van der Waals surface area contributed by atoms with Crippen molar-refractivity contribution in [2.75, 3.05) is 0 Å². The van der Waals surface area contributed by atoms with E-state index >= 15 is 0 Å². The Hall–Kier alpha value is -1.58. The summed E-state index contributed by atoms with van der Waals surface area (Å²) in [6.07, 6.45) is 3.76. The van der Waals surface area contributed by atoms with Crippen molar-refractivity contribution in [2.24, 2.45) is 0 Å². The van der Waals surface area contributed by atoms with E-state index in [0.29, 0.717) is 11.8 Å². The van der Waals surface area contributed by atoms with Crippen LogP contribution in [0.2, 0.25) is 0 Å². The smallest absolute Gasteiger partial charge is 0.0650 e. The second kappa shape index (κ2) is 3.88. The van der Waals surface area contributed by atoms with Crippen LogP contribution in [0.15, 0.2) is 18.5 Å². The molecular formula is C11H16N4. The normalized spacial score (nSPS) is 13.3. The van der Waals surface area contributed by atoms with Crippen molar-refractivity contribution in [1.82, 2.24) is 20.4 Å². The highest BCUT2D eigenvalue weighted by atomic mass is 15.1. The van der Waals surface area contributed by atoms with Gasteiger partial charge in [-0.3, -0.25) is 10.2 Å². The average molecular weight is 204 g/mol. The number of aromatic nitrogens is 4. The predicted molar refractivity (Wildman–Crippen MR) is 58.8 cm³/mol. The van der Waals surface area contributed by atoms with E-state index in [-0.39, 0.29) is 0 Å². The van der Waals surface area contributed by atoms with Crippen LogP contribution in [0.1, 0.15) is 49.6 Å². The van der Waals surface area contributed by atoms with Crippen LogP contribution in [0.25, 0.3) is 0 Å². The lowest BCUT2D eigenvalue weighted by Gasteiger charge is -2.04. The molecule has 0 radical (unpaired) electrons. The van der Waals surface area contributed by atoms with E-state index in [0.717, 1.165) is 11.4 Å². The Labute approximate surface area is 89.1 Å². The largest absolute Gasteiger partial charge is 0.285 e. The maximum absolute atomic E-state index is 4.29. The summed E-state index contributed by atoms with van der Waals surface area (Å²) < 4.78 is 0. The van der Waals surface area contributed by atoms with Gasteiger partial charge in [-0.15, -0.1) is 0 Å². The molecule has 0 aliphatic heterocycles. The third-order valence-electron chi connectivity index (χ3n) is 2.69. The molecule has 0 amide bonds. The molecule has 2 aromatic rings. The number of hydrogen-bond acceptors (Lipinski definition) is 2. The van der Waals surface area contributed by atoms with Crippen LogP contribution in [0.3, 0.4) is 0 Å². The Kier molecular flexibility index (Phi) is 2.58. The van der Waals surface area contributed by atoms with Gasteiger partial charge >= 0.3 is 0 Å². The lowest BCUT2D eigenvalue weighted by atomic mass is 10.0. The van der Waals surface area contributed by atoms with Crippen molar-refractivity contribution in [3.8, 4) is 0 Å². The Bertz CT molecular complexity index is 413. The van der Waals surface area contributed by atoms with Gasteiger partial charge in [0.1, 0.15) is 0 Å². The van der Waals surface area contributed by atoms with Crippen molar-refractivity contribution in [3.63, 3.8) is 0 Å². The van der Waals surface area contributed by atoms with Gasteiger partial charge in [0, 0.05) is 17.8 Å². The van der Waals surface area contributed by atoms with Crippen LogP contribution in [0, 0.1) is 0 Å². The minimum Gasteiger partial charge on any atom is -0.285 e. The fraction of sp³-hybridized carbons (Fsp3) is 0.455. The molecule has 0 fully saturated rings. The van der Waals surface area contributed by atoms with E-state index in [2.05, 4.69) is 47.2 Å². The zero-order valence-electron chi connectivity index (χ0n) is 9.28. The second-order valence-electron chi connectivity index (χ2n) is 4.16. The Morgan fingerprint density at radius 1 is 1.27 bits per heavy atom. The van der Waals surface area contributed by atoms with Gasteiger partial charge in [-0.2, -0.15) is 10.2 Å². The molecule has 0 spiro atoms. The van der Waals surface area contributed by atoms with Crippen LogP contribution < -0.4 is 0 Å². The standard InChI is InChI=1S/C11H16N4/c1-7(2)10-4-11(15-14-10)8(3)9-5-12-13-6-9/h4-8H,1-3H3,(H,12,13)(H,14,15)/t8-/m1/s1. The number of H-pyrrole nitrogens is 2. The highest BCUT2D eigenvalue weighted by molar-refractivity contribution is 5.25. The lowest BCUT2D eigenvalue weighted by molar-refractivity contribution is 0.802. The maximum atomic E-state index is 4.29. The summed E-state index contributed by atoms with van der Waals surface area (Å²) in [5.74, 6) is 0.773. The number of nitrogens with zero attached hydrogens (tertiary/aromatic N) is 2. The Balaban J connectivity index is 2.23. The minimum atomic E-state index is 0.309. The molecule has 1 atom stereocenters. The summed E-state index contributed by atoms with van der Waals surface area (Å²) in [6, 6.07) is 2.13. The van der Waals surface area contributed by atoms with Crippen molar-refractivity contribution < 1.29 is 0 Å². The third-order valence-corrected chi connectivity index (χ3v) is 2.69. The van der Waals surface area contributed by atoms with Gasteiger partial charge in [0.05, 0.1) is 11.9 Å². The zero-order valence-corrected chi connectivity index (χ0v) is 9.28. The molecule has 0 unspecified atom stereocenters. The van der Waals surface area contributed by atoms with Crippen molar-refractivity contribution >= 4 is 0 Å².